The quantitative estimate of drug-likeness (QED) is 0.841. The number of amides is 2. The van der Waals surface area contributed by atoms with Crippen LogP contribution in [0.1, 0.15) is 30.7 Å². The van der Waals surface area contributed by atoms with Crippen LogP contribution in [-0.4, -0.2) is 73.8 Å². The molecule has 1 aromatic carbocycles. The van der Waals surface area contributed by atoms with Crippen LogP contribution >= 0.6 is 0 Å². The zero-order chi connectivity index (χ0) is 18.0. The van der Waals surface area contributed by atoms with E-state index in [1.165, 1.54) is 0 Å². The Morgan fingerprint density at radius 1 is 1.20 bits per heavy atom. The average Bonchev–Trinajstić information content (AvgIpc) is 2.61. The maximum Gasteiger partial charge on any atom is 0.236 e. The molecule has 2 amide bonds. The van der Waals surface area contributed by atoms with Gasteiger partial charge in [-0.15, -0.1) is 0 Å². The van der Waals surface area contributed by atoms with Gasteiger partial charge >= 0.3 is 0 Å². The Kier molecular flexibility index (Phi) is 5.13. The van der Waals surface area contributed by atoms with Gasteiger partial charge in [-0.1, -0.05) is 30.3 Å². The van der Waals surface area contributed by atoms with E-state index in [1.54, 1.807) is 19.0 Å². The third kappa shape index (κ3) is 3.87. The predicted octanol–water partition coefficient (Wildman–Crippen LogP) is 1.80. The van der Waals surface area contributed by atoms with E-state index in [-0.39, 0.29) is 23.1 Å². The molecule has 0 bridgehead atoms. The van der Waals surface area contributed by atoms with Gasteiger partial charge in [-0.2, -0.15) is 0 Å². The van der Waals surface area contributed by atoms with Crippen molar-refractivity contribution in [3.05, 3.63) is 35.9 Å². The lowest BCUT2D eigenvalue weighted by atomic mass is 9.68. The Morgan fingerprint density at radius 2 is 1.84 bits per heavy atom. The Bertz CT molecular complexity index is 621. The Labute approximate surface area is 150 Å². The summed E-state index contributed by atoms with van der Waals surface area (Å²) in [5.41, 5.74) is 1.31. The van der Waals surface area contributed by atoms with Crippen LogP contribution in [0.5, 0.6) is 0 Å². The highest BCUT2D eigenvalue weighted by atomic mass is 16.2. The third-order valence-electron chi connectivity index (χ3n) is 5.86. The zero-order valence-electron chi connectivity index (χ0n) is 15.6. The molecule has 2 heterocycles. The maximum absolute atomic E-state index is 12.7. The number of likely N-dealkylation sites (tertiary alicyclic amines) is 2. The summed E-state index contributed by atoms with van der Waals surface area (Å²) in [6.07, 6.45) is 3.03. The van der Waals surface area contributed by atoms with Gasteiger partial charge in [-0.3, -0.25) is 14.5 Å². The minimum absolute atomic E-state index is 0.0325. The van der Waals surface area contributed by atoms with Crippen LogP contribution in [0.25, 0.3) is 0 Å². The molecule has 2 aliphatic heterocycles. The van der Waals surface area contributed by atoms with Crippen LogP contribution < -0.4 is 0 Å². The van der Waals surface area contributed by atoms with Crippen molar-refractivity contribution >= 4 is 11.8 Å². The summed E-state index contributed by atoms with van der Waals surface area (Å²) in [4.78, 5) is 30.5. The van der Waals surface area contributed by atoms with Crippen molar-refractivity contribution in [2.75, 3.05) is 47.3 Å². The number of likely N-dealkylation sites (N-methyl/N-ethyl adjacent to an activating group) is 2. The monoisotopic (exact) mass is 343 g/mol. The minimum Gasteiger partial charge on any atom is -0.348 e. The SMILES string of the molecule is CN(C)C(=O)CN1CCC2(CC1)C[C@@H](c1ccccc1)C(=O)N(C)C2. The van der Waals surface area contributed by atoms with E-state index in [0.29, 0.717) is 6.54 Å². The Hall–Kier alpha value is -1.88. The average molecular weight is 343 g/mol. The molecule has 0 radical (unpaired) electrons. The van der Waals surface area contributed by atoms with Crippen molar-refractivity contribution in [2.24, 2.45) is 5.41 Å². The smallest absolute Gasteiger partial charge is 0.236 e. The van der Waals surface area contributed by atoms with Crippen molar-refractivity contribution in [1.29, 1.82) is 0 Å². The van der Waals surface area contributed by atoms with E-state index in [9.17, 15) is 9.59 Å². The first-order valence-electron chi connectivity index (χ1n) is 9.13. The van der Waals surface area contributed by atoms with Gasteiger partial charge in [-0.05, 0) is 43.3 Å². The minimum atomic E-state index is -0.0325. The normalized spacial score (nSPS) is 23.7. The summed E-state index contributed by atoms with van der Waals surface area (Å²) in [5, 5.41) is 0. The number of carbonyl (C=O) groups is 2. The van der Waals surface area contributed by atoms with Crippen molar-refractivity contribution < 1.29 is 9.59 Å². The molecule has 2 aliphatic rings. The maximum atomic E-state index is 12.7. The van der Waals surface area contributed by atoms with E-state index < -0.39 is 0 Å². The molecular formula is C20H29N3O2. The lowest BCUT2D eigenvalue weighted by Crippen LogP contribution is -2.53. The van der Waals surface area contributed by atoms with Gasteiger partial charge in [0.25, 0.3) is 0 Å². The molecule has 5 heteroatoms. The molecule has 1 spiro atoms. The fourth-order valence-electron chi connectivity index (χ4n) is 4.26. The summed E-state index contributed by atoms with van der Waals surface area (Å²) in [7, 11) is 5.54. The first kappa shape index (κ1) is 17.9. The number of rotatable bonds is 3. The van der Waals surface area contributed by atoms with Gasteiger partial charge in [0, 0.05) is 27.7 Å². The first-order valence-corrected chi connectivity index (χ1v) is 9.13. The highest BCUT2D eigenvalue weighted by Gasteiger charge is 2.45. The van der Waals surface area contributed by atoms with Crippen LogP contribution in [0.2, 0.25) is 0 Å². The van der Waals surface area contributed by atoms with Crippen molar-refractivity contribution in [3.8, 4) is 0 Å². The number of nitrogens with zero attached hydrogens (tertiary/aromatic N) is 3. The number of hydrogen-bond donors (Lipinski definition) is 0. The second-order valence-corrected chi connectivity index (χ2v) is 7.93. The van der Waals surface area contributed by atoms with Crippen LogP contribution in [0, 0.1) is 5.41 Å². The number of benzene rings is 1. The molecule has 25 heavy (non-hydrogen) atoms. The number of piperidine rings is 2. The van der Waals surface area contributed by atoms with Crippen LogP contribution in [-0.2, 0) is 9.59 Å². The topological polar surface area (TPSA) is 43.9 Å². The first-order chi connectivity index (χ1) is 11.9. The van der Waals surface area contributed by atoms with Gasteiger partial charge in [0.15, 0.2) is 0 Å². The molecule has 136 valence electrons. The van der Waals surface area contributed by atoms with Crippen LogP contribution in [0.15, 0.2) is 30.3 Å². The summed E-state index contributed by atoms with van der Waals surface area (Å²) >= 11 is 0. The number of carbonyl (C=O) groups excluding carboxylic acids is 2. The van der Waals surface area contributed by atoms with Crippen molar-refractivity contribution in [3.63, 3.8) is 0 Å². The van der Waals surface area contributed by atoms with Gasteiger partial charge in [0.05, 0.1) is 12.5 Å². The molecule has 0 saturated carbocycles. The largest absolute Gasteiger partial charge is 0.348 e. The lowest BCUT2D eigenvalue weighted by molar-refractivity contribution is -0.140. The standard InChI is InChI=1S/C20H29N3O2/c1-21(2)18(24)14-23-11-9-20(10-12-23)13-17(19(25)22(3)15-20)16-7-5-4-6-8-16/h4-8,17H,9-15H2,1-3H3/t17-/m0/s1. The molecular weight excluding hydrogens is 314 g/mol. The fourth-order valence-corrected chi connectivity index (χ4v) is 4.26. The zero-order valence-corrected chi connectivity index (χ0v) is 15.6. The Morgan fingerprint density at radius 3 is 2.44 bits per heavy atom. The van der Waals surface area contributed by atoms with Crippen LogP contribution in [0.4, 0.5) is 0 Å². The predicted molar refractivity (Wildman–Crippen MR) is 98.2 cm³/mol. The molecule has 2 fully saturated rings. The Balaban J connectivity index is 1.68. The van der Waals surface area contributed by atoms with Crippen molar-refractivity contribution in [2.45, 2.75) is 25.2 Å². The third-order valence-corrected chi connectivity index (χ3v) is 5.86. The molecule has 2 saturated heterocycles. The van der Waals surface area contributed by atoms with E-state index >= 15 is 0 Å². The van der Waals surface area contributed by atoms with E-state index in [4.69, 9.17) is 0 Å². The van der Waals surface area contributed by atoms with E-state index in [1.807, 2.05) is 30.1 Å². The number of hydrogen-bond acceptors (Lipinski definition) is 3. The summed E-state index contributed by atoms with van der Waals surface area (Å²) in [5.74, 6) is 0.367. The molecule has 3 rings (SSSR count). The molecule has 5 nitrogen and oxygen atoms in total. The molecule has 0 N–H and O–H groups in total. The van der Waals surface area contributed by atoms with E-state index in [2.05, 4.69) is 17.0 Å². The highest BCUT2D eigenvalue weighted by molar-refractivity contribution is 5.84. The van der Waals surface area contributed by atoms with Gasteiger partial charge in [0.2, 0.25) is 11.8 Å². The lowest BCUT2D eigenvalue weighted by Gasteiger charge is -2.49. The van der Waals surface area contributed by atoms with Gasteiger partial charge < -0.3 is 9.80 Å². The highest BCUT2D eigenvalue weighted by Crippen LogP contribution is 2.45. The van der Waals surface area contributed by atoms with Gasteiger partial charge in [0.1, 0.15) is 0 Å². The second kappa shape index (κ2) is 7.16. The molecule has 1 atom stereocenters. The van der Waals surface area contributed by atoms with Crippen molar-refractivity contribution in [1.82, 2.24) is 14.7 Å². The summed E-state index contributed by atoms with van der Waals surface area (Å²) in [6.45, 7) is 3.21. The molecule has 0 aromatic heterocycles. The second-order valence-electron chi connectivity index (χ2n) is 7.93. The summed E-state index contributed by atoms with van der Waals surface area (Å²) in [6, 6.07) is 10.2. The fraction of sp³-hybridized carbons (Fsp3) is 0.600. The van der Waals surface area contributed by atoms with Crippen LogP contribution in [0.3, 0.4) is 0 Å². The summed E-state index contributed by atoms with van der Waals surface area (Å²) < 4.78 is 0. The molecule has 0 aliphatic carbocycles. The van der Waals surface area contributed by atoms with Gasteiger partial charge in [-0.25, -0.2) is 0 Å². The molecule has 1 aromatic rings. The van der Waals surface area contributed by atoms with E-state index in [0.717, 1.165) is 44.5 Å². The molecule has 0 unspecified atom stereocenters.